The maximum absolute atomic E-state index is 10.9. The highest BCUT2D eigenvalue weighted by molar-refractivity contribution is 5.82. The van der Waals surface area contributed by atoms with Crippen LogP contribution in [0.5, 0.6) is 5.75 Å². The van der Waals surface area contributed by atoms with Gasteiger partial charge in [-0.05, 0) is 64.3 Å². The highest BCUT2D eigenvalue weighted by Gasteiger charge is 2.16. The van der Waals surface area contributed by atoms with Crippen molar-refractivity contribution in [1.29, 1.82) is 0 Å². The van der Waals surface area contributed by atoms with Gasteiger partial charge in [0.1, 0.15) is 12.4 Å². The summed E-state index contributed by atoms with van der Waals surface area (Å²) in [6.07, 6.45) is 2.89. The van der Waals surface area contributed by atoms with Gasteiger partial charge in [0.2, 0.25) is 0 Å². The van der Waals surface area contributed by atoms with Gasteiger partial charge >= 0.3 is 0 Å². The zero-order valence-corrected chi connectivity index (χ0v) is 18.1. The minimum absolute atomic E-state index is 0.482. The highest BCUT2D eigenvalue weighted by Crippen LogP contribution is 2.29. The summed E-state index contributed by atoms with van der Waals surface area (Å²) in [6, 6.07) is 17.2. The minimum atomic E-state index is -0.549. The molecule has 29 heavy (non-hydrogen) atoms. The first kappa shape index (κ1) is 21.4. The zero-order valence-electron chi connectivity index (χ0n) is 18.1. The van der Waals surface area contributed by atoms with Crippen molar-refractivity contribution in [3.8, 4) is 5.75 Å². The van der Waals surface area contributed by atoms with E-state index in [0.717, 1.165) is 29.8 Å². The highest BCUT2D eigenvalue weighted by atomic mass is 16.5. The molecule has 0 saturated carbocycles. The molecule has 1 unspecified atom stereocenters. The van der Waals surface area contributed by atoms with Crippen molar-refractivity contribution in [1.82, 2.24) is 9.88 Å². The second-order valence-corrected chi connectivity index (χ2v) is 8.22. The summed E-state index contributed by atoms with van der Waals surface area (Å²) in [7, 11) is 0. The molecule has 0 saturated heterocycles. The van der Waals surface area contributed by atoms with Gasteiger partial charge in [0, 0.05) is 41.3 Å². The van der Waals surface area contributed by atoms with E-state index in [0.29, 0.717) is 25.1 Å². The molecule has 1 atom stereocenters. The molecule has 3 rings (SSSR count). The number of hydrogen-bond donors (Lipinski definition) is 2. The summed E-state index contributed by atoms with van der Waals surface area (Å²) < 4.78 is 6.09. The van der Waals surface area contributed by atoms with Crippen LogP contribution in [-0.4, -0.2) is 40.2 Å². The fourth-order valence-electron chi connectivity index (χ4n) is 4.08. The Morgan fingerprint density at radius 3 is 2.48 bits per heavy atom. The molecule has 2 aromatic carbocycles. The Balaban J connectivity index is 1.62. The second kappa shape index (κ2) is 9.95. The summed E-state index contributed by atoms with van der Waals surface area (Å²) in [4.78, 5) is 5.66. The van der Waals surface area contributed by atoms with Crippen molar-refractivity contribution >= 4 is 10.9 Å². The van der Waals surface area contributed by atoms with Crippen molar-refractivity contribution in [2.75, 3.05) is 13.2 Å². The average Bonchev–Trinajstić information content (AvgIpc) is 3.18. The van der Waals surface area contributed by atoms with Crippen molar-refractivity contribution in [2.24, 2.45) is 0 Å². The molecule has 0 amide bonds. The van der Waals surface area contributed by atoms with E-state index in [9.17, 15) is 5.11 Å². The van der Waals surface area contributed by atoms with Crippen molar-refractivity contribution in [3.05, 3.63) is 65.9 Å². The topological polar surface area (TPSA) is 48.5 Å². The molecular weight excluding hydrogens is 360 g/mol. The number of aryl methyl sites for hydroxylation is 1. The lowest BCUT2D eigenvalue weighted by Crippen LogP contribution is -2.39. The van der Waals surface area contributed by atoms with Crippen LogP contribution in [0.3, 0.4) is 0 Å². The van der Waals surface area contributed by atoms with Crippen LogP contribution in [0.15, 0.2) is 54.7 Å². The van der Waals surface area contributed by atoms with E-state index in [1.54, 1.807) is 0 Å². The van der Waals surface area contributed by atoms with Crippen LogP contribution in [0.4, 0.5) is 0 Å². The Labute approximate surface area is 174 Å². The van der Waals surface area contributed by atoms with E-state index in [1.165, 1.54) is 10.9 Å². The second-order valence-electron chi connectivity index (χ2n) is 8.22. The van der Waals surface area contributed by atoms with E-state index >= 15 is 0 Å². The Kier molecular flexibility index (Phi) is 7.34. The lowest BCUT2D eigenvalue weighted by atomic mass is 9.99. The predicted molar refractivity (Wildman–Crippen MR) is 120 cm³/mol. The number of H-pyrrole nitrogens is 1. The molecular formula is C25H34N2O2. The number of fused-ring (bicyclic) bond motifs is 1. The molecule has 0 aliphatic heterocycles. The summed E-state index contributed by atoms with van der Waals surface area (Å²) in [5, 5.41) is 12.1. The van der Waals surface area contributed by atoms with Gasteiger partial charge in [-0.15, -0.1) is 0 Å². The fraction of sp³-hybridized carbons (Fsp3) is 0.440. The van der Waals surface area contributed by atoms with Crippen LogP contribution in [0.2, 0.25) is 0 Å². The Morgan fingerprint density at radius 2 is 1.72 bits per heavy atom. The van der Waals surface area contributed by atoms with Gasteiger partial charge in [0.15, 0.2) is 0 Å². The Morgan fingerprint density at radius 1 is 0.966 bits per heavy atom. The quantitative estimate of drug-likeness (QED) is 0.488. The largest absolute Gasteiger partial charge is 0.492 e. The summed E-state index contributed by atoms with van der Waals surface area (Å²) in [6.45, 7) is 10.3. The van der Waals surface area contributed by atoms with E-state index in [4.69, 9.17) is 4.74 Å². The number of aliphatic hydroxyl groups excluding tert-OH is 1. The number of aliphatic hydroxyl groups is 1. The van der Waals surface area contributed by atoms with E-state index in [2.05, 4.69) is 61.8 Å². The lowest BCUT2D eigenvalue weighted by Gasteiger charge is -2.30. The number of nitrogens with zero attached hydrogens (tertiary/aromatic N) is 1. The molecule has 2 N–H and O–H groups in total. The van der Waals surface area contributed by atoms with Gasteiger partial charge in [0.05, 0.1) is 6.10 Å². The molecule has 4 nitrogen and oxygen atoms in total. The molecule has 0 radical (unpaired) electrons. The van der Waals surface area contributed by atoms with Crippen LogP contribution < -0.4 is 4.74 Å². The van der Waals surface area contributed by atoms with Gasteiger partial charge in [-0.3, -0.25) is 4.90 Å². The third-order valence-electron chi connectivity index (χ3n) is 5.58. The number of benzene rings is 2. The minimum Gasteiger partial charge on any atom is -0.492 e. The molecule has 0 aliphatic carbocycles. The average molecular weight is 395 g/mol. The molecule has 0 spiro atoms. The van der Waals surface area contributed by atoms with Crippen molar-refractivity contribution in [3.63, 3.8) is 0 Å². The predicted octanol–water partition coefficient (Wildman–Crippen LogP) is 5.33. The zero-order chi connectivity index (χ0) is 20.8. The summed E-state index contributed by atoms with van der Waals surface area (Å²) in [5.41, 5.74) is 3.26. The molecule has 1 heterocycles. The maximum atomic E-state index is 10.9. The van der Waals surface area contributed by atoms with Gasteiger partial charge < -0.3 is 14.8 Å². The third kappa shape index (κ3) is 5.40. The van der Waals surface area contributed by atoms with Gasteiger partial charge in [0.25, 0.3) is 0 Å². The summed E-state index contributed by atoms with van der Waals surface area (Å²) >= 11 is 0. The molecule has 3 aromatic rings. The lowest BCUT2D eigenvalue weighted by molar-refractivity contribution is 0.135. The Bertz CT molecular complexity index is 892. The van der Waals surface area contributed by atoms with Crippen LogP contribution in [0.1, 0.15) is 51.3 Å². The van der Waals surface area contributed by atoms with Crippen LogP contribution in [0.25, 0.3) is 10.9 Å². The number of aromatic nitrogens is 1. The van der Waals surface area contributed by atoms with Crippen molar-refractivity contribution < 1.29 is 9.84 Å². The number of ether oxygens (including phenoxy) is 1. The molecule has 0 bridgehead atoms. The molecule has 4 heteroatoms. The number of para-hydroxylation sites is 1. The van der Waals surface area contributed by atoms with Crippen LogP contribution >= 0.6 is 0 Å². The Hall–Kier alpha value is -2.30. The van der Waals surface area contributed by atoms with Gasteiger partial charge in [-0.1, -0.05) is 30.3 Å². The molecule has 156 valence electrons. The first-order valence-electron chi connectivity index (χ1n) is 10.7. The van der Waals surface area contributed by atoms with E-state index < -0.39 is 6.10 Å². The third-order valence-corrected chi connectivity index (χ3v) is 5.58. The monoisotopic (exact) mass is 394 g/mol. The van der Waals surface area contributed by atoms with E-state index in [1.807, 2.05) is 30.5 Å². The normalized spacial score (nSPS) is 13.0. The number of hydrogen-bond acceptors (Lipinski definition) is 3. The first-order chi connectivity index (χ1) is 14.0. The maximum Gasteiger partial charge on any atom is 0.125 e. The fourth-order valence-corrected chi connectivity index (χ4v) is 4.08. The molecule has 0 fully saturated rings. The SMILES string of the molecule is CC(C)N(CCOc1ccccc1C(O)CCc1cccc2[nH]ccc12)C(C)C. The smallest absolute Gasteiger partial charge is 0.125 e. The van der Waals surface area contributed by atoms with Gasteiger partial charge in [-0.25, -0.2) is 0 Å². The number of rotatable bonds is 10. The first-order valence-corrected chi connectivity index (χ1v) is 10.7. The number of nitrogens with one attached hydrogen (secondary N) is 1. The standard InChI is InChI=1S/C25H34N2O2/c1-18(2)27(19(3)4)16-17-29-25-11-6-5-9-22(25)24(28)13-12-20-8-7-10-23-21(20)14-15-26-23/h5-11,14-15,18-19,24,26,28H,12-13,16-17H2,1-4H3. The van der Waals surface area contributed by atoms with Crippen LogP contribution in [0, 0.1) is 0 Å². The number of aromatic amines is 1. The van der Waals surface area contributed by atoms with Crippen LogP contribution in [-0.2, 0) is 6.42 Å². The molecule has 0 aliphatic rings. The van der Waals surface area contributed by atoms with E-state index in [-0.39, 0.29) is 0 Å². The van der Waals surface area contributed by atoms with Crippen molar-refractivity contribution in [2.45, 2.75) is 58.7 Å². The molecule has 1 aromatic heterocycles. The van der Waals surface area contributed by atoms with Gasteiger partial charge in [-0.2, -0.15) is 0 Å². The summed E-state index contributed by atoms with van der Waals surface area (Å²) in [5.74, 6) is 0.785.